The third-order valence-corrected chi connectivity index (χ3v) is 8.74. The molecule has 2 aromatic rings. The van der Waals surface area contributed by atoms with Crippen molar-refractivity contribution in [2.75, 3.05) is 0 Å². The highest BCUT2D eigenvalue weighted by Gasteiger charge is 2.66. The van der Waals surface area contributed by atoms with Crippen LogP contribution in [0.15, 0.2) is 36.4 Å². The Hall–Kier alpha value is -1.96. The SMILES string of the molecule is CCCC12CC3CC(C)(C1)CC(c1ccc(C)cc1O)(C2)C3c1ccc(C)cc1O. The van der Waals surface area contributed by atoms with Crippen LogP contribution in [0.5, 0.6) is 11.5 Å². The lowest BCUT2D eigenvalue weighted by Crippen LogP contribution is -2.61. The number of phenols is 2. The van der Waals surface area contributed by atoms with Crippen LogP contribution in [0.25, 0.3) is 0 Å². The largest absolute Gasteiger partial charge is 0.508 e. The van der Waals surface area contributed by atoms with Gasteiger partial charge in [0.15, 0.2) is 0 Å². The first-order valence-electron chi connectivity index (χ1n) is 11.8. The highest BCUT2D eigenvalue weighted by molar-refractivity contribution is 5.50. The predicted molar refractivity (Wildman–Crippen MR) is 122 cm³/mol. The summed E-state index contributed by atoms with van der Waals surface area (Å²) < 4.78 is 0. The number of hydrogen-bond acceptors (Lipinski definition) is 2. The molecule has 2 nitrogen and oxygen atoms in total. The molecule has 6 rings (SSSR count). The molecular weight excluding hydrogens is 368 g/mol. The fourth-order valence-electron chi connectivity index (χ4n) is 8.68. The molecule has 0 aliphatic heterocycles. The lowest BCUT2D eigenvalue weighted by atomic mass is 9.34. The zero-order valence-electron chi connectivity index (χ0n) is 19.0. The van der Waals surface area contributed by atoms with Gasteiger partial charge in [-0.3, -0.25) is 0 Å². The summed E-state index contributed by atoms with van der Waals surface area (Å²) in [5.74, 6) is 1.72. The van der Waals surface area contributed by atoms with Gasteiger partial charge in [-0.25, -0.2) is 0 Å². The first-order chi connectivity index (χ1) is 14.2. The first-order valence-corrected chi connectivity index (χ1v) is 11.8. The van der Waals surface area contributed by atoms with Crippen molar-refractivity contribution in [1.29, 1.82) is 0 Å². The van der Waals surface area contributed by atoms with Crippen LogP contribution in [0, 0.1) is 30.6 Å². The van der Waals surface area contributed by atoms with Crippen molar-refractivity contribution >= 4 is 0 Å². The van der Waals surface area contributed by atoms with E-state index < -0.39 is 0 Å². The Morgan fingerprint density at radius 2 is 1.60 bits per heavy atom. The molecule has 5 atom stereocenters. The summed E-state index contributed by atoms with van der Waals surface area (Å²) in [5, 5.41) is 22.2. The Balaban J connectivity index is 1.75. The number of aromatic hydroxyl groups is 2. The van der Waals surface area contributed by atoms with Crippen molar-refractivity contribution in [3.8, 4) is 11.5 Å². The highest BCUT2D eigenvalue weighted by atomic mass is 16.3. The Labute approximate surface area is 181 Å². The standard InChI is InChI=1S/C28H36O2/c1-5-10-27-14-20-13-26(4,15-27)16-28(17-27,22-9-7-19(3)12-24(22)30)25(20)21-8-6-18(2)11-23(21)29/h6-9,11-12,20,25,29-30H,5,10,13-17H2,1-4H3. The van der Waals surface area contributed by atoms with Crippen LogP contribution in [0.1, 0.15) is 87.0 Å². The molecule has 5 unspecified atom stereocenters. The summed E-state index contributed by atoms with van der Waals surface area (Å²) in [4.78, 5) is 0. The van der Waals surface area contributed by atoms with E-state index in [-0.39, 0.29) is 11.3 Å². The molecule has 0 radical (unpaired) electrons. The smallest absolute Gasteiger partial charge is 0.119 e. The van der Waals surface area contributed by atoms with Gasteiger partial charge >= 0.3 is 0 Å². The molecule has 4 bridgehead atoms. The van der Waals surface area contributed by atoms with Crippen LogP contribution < -0.4 is 0 Å². The van der Waals surface area contributed by atoms with Crippen LogP contribution in [0.2, 0.25) is 0 Å². The van der Waals surface area contributed by atoms with E-state index in [0.29, 0.717) is 28.2 Å². The molecule has 2 heteroatoms. The Bertz CT molecular complexity index is 994. The molecule has 2 N–H and O–H groups in total. The summed E-state index contributed by atoms with van der Waals surface area (Å²) >= 11 is 0. The van der Waals surface area contributed by atoms with E-state index in [9.17, 15) is 10.2 Å². The van der Waals surface area contributed by atoms with E-state index in [1.54, 1.807) is 0 Å². The fourth-order valence-corrected chi connectivity index (χ4v) is 8.68. The Kier molecular flexibility index (Phi) is 4.34. The van der Waals surface area contributed by atoms with Crippen molar-refractivity contribution in [3.63, 3.8) is 0 Å². The summed E-state index contributed by atoms with van der Waals surface area (Å²) in [6.07, 6.45) is 8.57. The summed E-state index contributed by atoms with van der Waals surface area (Å²) in [7, 11) is 0. The minimum absolute atomic E-state index is 0.103. The van der Waals surface area contributed by atoms with Gasteiger partial charge < -0.3 is 10.2 Å². The summed E-state index contributed by atoms with van der Waals surface area (Å²) in [6.45, 7) is 8.90. The van der Waals surface area contributed by atoms with Crippen molar-refractivity contribution in [1.82, 2.24) is 0 Å². The maximum Gasteiger partial charge on any atom is 0.119 e. The van der Waals surface area contributed by atoms with Crippen LogP contribution in [0.3, 0.4) is 0 Å². The number of aryl methyl sites for hydroxylation is 2. The van der Waals surface area contributed by atoms with E-state index >= 15 is 0 Å². The van der Waals surface area contributed by atoms with Gasteiger partial charge in [-0.05, 0) is 97.9 Å². The molecule has 30 heavy (non-hydrogen) atoms. The second-order valence-corrected chi connectivity index (χ2v) is 11.5. The average Bonchev–Trinajstić information content (AvgIpc) is 2.61. The van der Waals surface area contributed by atoms with Gasteiger partial charge in [0, 0.05) is 16.9 Å². The average molecular weight is 405 g/mol. The molecule has 0 aromatic heterocycles. The van der Waals surface area contributed by atoms with Crippen LogP contribution in [-0.4, -0.2) is 10.2 Å². The third kappa shape index (κ3) is 2.82. The fraction of sp³-hybridized carbons (Fsp3) is 0.571. The lowest BCUT2D eigenvalue weighted by molar-refractivity contribution is -0.137. The van der Waals surface area contributed by atoms with Crippen molar-refractivity contribution < 1.29 is 10.2 Å². The van der Waals surface area contributed by atoms with E-state index in [1.165, 1.54) is 32.1 Å². The van der Waals surface area contributed by atoms with Gasteiger partial charge in [0.25, 0.3) is 0 Å². The first kappa shape index (κ1) is 20.0. The number of hydrogen-bond donors (Lipinski definition) is 2. The third-order valence-electron chi connectivity index (χ3n) is 8.74. The monoisotopic (exact) mass is 404 g/mol. The molecule has 160 valence electrons. The minimum atomic E-state index is -0.103. The van der Waals surface area contributed by atoms with E-state index in [0.717, 1.165) is 35.1 Å². The second kappa shape index (κ2) is 6.52. The molecule has 4 saturated carbocycles. The predicted octanol–water partition coefficient (Wildman–Crippen LogP) is 7.14. The number of benzene rings is 2. The van der Waals surface area contributed by atoms with Crippen molar-refractivity contribution in [2.45, 2.75) is 84.0 Å². The Morgan fingerprint density at radius 3 is 2.27 bits per heavy atom. The van der Waals surface area contributed by atoms with Gasteiger partial charge in [-0.2, -0.15) is 0 Å². The molecule has 4 aliphatic carbocycles. The molecule has 4 fully saturated rings. The highest BCUT2D eigenvalue weighted by Crippen LogP contribution is 2.76. The maximum atomic E-state index is 11.2. The topological polar surface area (TPSA) is 40.5 Å². The molecule has 4 aliphatic rings. The quantitative estimate of drug-likeness (QED) is 0.569. The van der Waals surface area contributed by atoms with Crippen LogP contribution in [0.4, 0.5) is 0 Å². The van der Waals surface area contributed by atoms with Crippen molar-refractivity contribution in [3.05, 3.63) is 58.7 Å². The van der Waals surface area contributed by atoms with Crippen LogP contribution >= 0.6 is 0 Å². The molecule has 2 aromatic carbocycles. The zero-order chi connectivity index (χ0) is 21.3. The number of phenolic OH excluding ortho intramolecular Hbond substituents is 2. The molecule has 0 amide bonds. The summed E-state index contributed by atoms with van der Waals surface area (Å²) in [6, 6.07) is 12.5. The van der Waals surface area contributed by atoms with E-state index in [1.807, 2.05) is 26.0 Å². The molecule has 0 saturated heterocycles. The lowest BCUT2D eigenvalue weighted by Gasteiger charge is -2.70. The minimum Gasteiger partial charge on any atom is -0.508 e. The number of rotatable bonds is 4. The normalized spacial score (nSPS) is 36.9. The van der Waals surface area contributed by atoms with Gasteiger partial charge in [0.05, 0.1) is 0 Å². The maximum absolute atomic E-state index is 11.2. The molecule has 0 spiro atoms. The summed E-state index contributed by atoms with van der Waals surface area (Å²) in [5.41, 5.74) is 5.01. The van der Waals surface area contributed by atoms with Gasteiger partial charge in [0.2, 0.25) is 0 Å². The van der Waals surface area contributed by atoms with Crippen LogP contribution in [-0.2, 0) is 5.41 Å². The second-order valence-electron chi connectivity index (χ2n) is 11.5. The molecule has 0 heterocycles. The van der Waals surface area contributed by atoms with Crippen molar-refractivity contribution in [2.24, 2.45) is 16.7 Å². The van der Waals surface area contributed by atoms with E-state index in [2.05, 4.69) is 38.1 Å². The Morgan fingerprint density at radius 1 is 0.900 bits per heavy atom. The van der Waals surface area contributed by atoms with Gasteiger partial charge in [-0.1, -0.05) is 44.5 Å². The van der Waals surface area contributed by atoms with Gasteiger partial charge in [-0.15, -0.1) is 0 Å². The zero-order valence-corrected chi connectivity index (χ0v) is 19.0. The molecular formula is C28H36O2. The van der Waals surface area contributed by atoms with E-state index in [4.69, 9.17) is 0 Å². The van der Waals surface area contributed by atoms with Gasteiger partial charge in [0.1, 0.15) is 11.5 Å².